The molecule has 0 amide bonds. The fraction of sp³-hybridized carbons (Fsp3) is 0.364. The van der Waals surface area contributed by atoms with E-state index >= 15 is 0 Å². The number of unbranched alkanes of at least 4 members (excludes halogenated alkanes) is 1. The highest BCUT2D eigenvalue weighted by Crippen LogP contribution is 2.15. The summed E-state index contributed by atoms with van der Waals surface area (Å²) in [5, 5.41) is 9.08. The third-order valence-electron chi connectivity index (χ3n) is 1.79. The molecule has 0 aliphatic carbocycles. The van der Waals surface area contributed by atoms with Gasteiger partial charge in [0, 0.05) is 11.6 Å². The Kier molecular flexibility index (Phi) is 5.67. The van der Waals surface area contributed by atoms with E-state index in [9.17, 15) is 4.79 Å². The van der Waals surface area contributed by atoms with Crippen LogP contribution in [0.2, 0.25) is 5.02 Å². The van der Waals surface area contributed by atoms with Crippen LogP contribution >= 0.6 is 11.6 Å². The molecule has 0 unspecified atom stereocenters. The van der Waals surface area contributed by atoms with Gasteiger partial charge in [0.15, 0.2) is 0 Å². The van der Waals surface area contributed by atoms with Crippen LogP contribution in [0.3, 0.4) is 0 Å². The Morgan fingerprint density at radius 2 is 1.94 bits per heavy atom. The molecule has 0 aliphatic rings. The summed E-state index contributed by atoms with van der Waals surface area (Å²) in [6.07, 6.45) is 0.473. The molecule has 0 spiro atoms. The van der Waals surface area contributed by atoms with Crippen LogP contribution in [0.15, 0.2) is 24.3 Å². The van der Waals surface area contributed by atoms with Gasteiger partial charge in [0.2, 0.25) is 0 Å². The van der Waals surface area contributed by atoms with E-state index in [1.165, 1.54) is 0 Å². The van der Waals surface area contributed by atoms with Crippen LogP contribution in [0.4, 0.5) is 4.79 Å². The zero-order valence-electron chi connectivity index (χ0n) is 8.69. The van der Waals surface area contributed by atoms with Crippen molar-refractivity contribution in [1.29, 1.82) is 0 Å². The molecule has 0 atom stereocenters. The predicted octanol–water partition coefficient (Wildman–Crippen LogP) is 2.63. The number of ether oxygens (including phenoxy) is 2. The molecule has 1 rings (SSSR count). The van der Waals surface area contributed by atoms with Gasteiger partial charge in [-0.3, -0.25) is 0 Å². The molecule has 0 saturated carbocycles. The molecule has 0 fully saturated rings. The molecule has 16 heavy (non-hydrogen) atoms. The standard InChI is InChI=1S/C11H13ClO4/c12-9-3-5-10(6-4-9)16-11(14)15-8-2-1-7-13/h3-6,13H,1-2,7-8H2. The van der Waals surface area contributed by atoms with E-state index in [0.717, 1.165) is 0 Å². The molecule has 0 saturated heterocycles. The Balaban J connectivity index is 2.26. The highest BCUT2D eigenvalue weighted by Gasteiger charge is 2.05. The second-order valence-electron chi connectivity index (χ2n) is 3.09. The number of hydrogen-bond donors (Lipinski definition) is 1. The first-order chi connectivity index (χ1) is 7.72. The Morgan fingerprint density at radius 1 is 1.25 bits per heavy atom. The number of rotatable bonds is 5. The van der Waals surface area contributed by atoms with Crippen molar-refractivity contribution in [3.05, 3.63) is 29.3 Å². The van der Waals surface area contributed by atoms with Crippen molar-refractivity contribution in [2.75, 3.05) is 13.2 Å². The fourth-order valence-corrected chi connectivity index (χ4v) is 1.12. The second kappa shape index (κ2) is 7.09. The fourth-order valence-electron chi connectivity index (χ4n) is 0.998. The first-order valence-corrected chi connectivity index (χ1v) is 5.31. The van der Waals surface area contributed by atoms with E-state index < -0.39 is 6.16 Å². The molecule has 1 aromatic rings. The number of benzene rings is 1. The van der Waals surface area contributed by atoms with Gasteiger partial charge in [-0.15, -0.1) is 0 Å². The minimum absolute atomic E-state index is 0.0928. The zero-order valence-corrected chi connectivity index (χ0v) is 9.44. The normalized spacial score (nSPS) is 9.88. The number of carbonyl (C=O) groups excluding carboxylic acids is 1. The smallest absolute Gasteiger partial charge is 0.434 e. The Morgan fingerprint density at radius 3 is 2.56 bits per heavy atom. The van der Waals surface area contributed by atoms with E-state index in [1.807, 2.05) is 0 Å². The van der Waals surface area contributed by atoms with Gasteiger partial charge in [-0.25, -0.2) is 4.79 Å². The van der Waals surface area contributed by atoms with Gasteiger partial charge in [-0.2, -0.15) is 0 Å². The van der Waals surface area contributed by atoms with E-state index in [2.05, 4.69) is 0 Å². The van der Waals surface area contributed by atoms with Crippen LogP contribution in [-0.4, -0.2) is 24.5 Å². The molecule has 1 aromatic carbocycles. The number of carbonyl (C=O) groups is 1. The van der Waals surface area contributed by atoms with Crippen molar-refractivity contribution in [3.8, 4) is 5.75 Å². The summed E-state index contributed by atoms with van der Waals surface area (Å²) in [6, 6.07) is 6.40. The highest BCUT2D eigenvalue weighted by atomic mass is 35.5. The van der Waals surface area contributed by atoms with Crippen molar-refractivity contribution in [2.45, 2.75) is 12.8 Å². The lowest BCUT2D eigenvalue weighted by Crippen LogP contribution is -2.11. The molecule has 88 valence electrons. The molecule has 0 heterocycles. The summed E-state index contributed by atoms with van der Waals surface area (Å²) in [5.41, 5.74) is 0. The maximum Gasteiger partial charge on any atom is 0.513 e. The third kappa shape index (κ3) is 5.00. The van der Waals surface area contributed by atoms with E-state index in [4.69, 9.17) is 26.2 Å². The summed E-state index contributed by atoms with van der Waals surface area (Å²) >= 11 is 5.67. The monoisotopic (exact) mass is 244 g/mol. The topological polar surface area (TPSA) is 55.8 Å². The third-order valence-corrected chi connectivity index (χ3v) is 2.04. The molecule has 5 heteroatoms. The quantitative estimate of drug-likeness (QED) is 0.491. The van der Waals surface area contributed by atoms with Gasteiger partial charge in [0.05, 0.1) is 6.61 Å². The van der Waals surface area contributed by atoms with Gasteiger partial charge >= 0.3 is 6.16 Å². The summed E-state index contributed by atoms with van der Waals surface area (Å²) in [7, 11) is 0. The van der Waals surface area contributed by atoms with Crippen molar-refractivity contribution >= 4 is 17.8 Å². The second-order valence-corrected chi connectivity index (χ2v) is 3.52. The number of halogens is 1. The van der Waals surface area contributed by atoms with Crippen LogP contribution in [0.25, 0.3) is 0 Å². The van der Waals surface area contributed by atoms with Gasteiger partial charge in [-0.05, 0) is 37.1 Å². The van der Waals surface area contributed by atoms with Crippen LogP contribution in [-0.2, 0) is 4.74 Å². The van der Waals surface area contributed by atoms with E-state index in [1.54, 1.807) is 24.3 Å². The molecule has 4 nitrogen and oxygen atoms in total. The largest absolute Gasteiger partial charge is 0.513 e. The maximum absolute atomic E-state index is 11.1. The number of hydrogen-bond acceptors (Lipinski definition) is 4. The van der Waals surface area contributed by atoms with Gasteiger partial charge in [0.1, 0.15) is 5.75 Å². The maximum atomic E-state index is 11.1. The molecule has 0 aliphatic heterocycles. The number of aliphatic hydroxyl groups excluding tert-OH is 1. The lowest BCUT2D eigenvalue weighted by atomic mass is 10.3. The van der Waals surface area contributed by atoms with Gasteiger partial charge < -0.3 is 14.6 Å². The predicted molar refractivity (Wildman–Crippen MR) is 59.7 cm³/mol. The van der Waals surface area contributed by atoms with Crippen molar-refractivity contribution < 1.29 is 19.4 Å². The van der Waals surface area contributed by atoms with Crippen molar-refractivity contribution in [3.63, 3.8) is 0 Å². The average Bonchev–Trinajstić information content (AvgIpc) is 2.28. The minimum atomic E-state index is -0.750. The first-order valence-electron chi connectivity index (χ1n) is 4.93. The van der Waals surface area contributed by atoms with E-state index in [-0.39, 0.29) is 13.2 Å². The lowest BCUT2D eigenvalue weighted by Gasteiger charge is -2.05. The summed E-state index contributed by atoms with van der Waals surface area (Å²) < 4.78 is 9.64. The van der Waals surface area contributed by atoms with Crippen LogP contribution in [0, 0.1) is 0 Å². The Labute approximate surface area is 98.7 Å². The highest BCUT2D eigenvalue weighted by molar-refractivity contribution is 6.30. The molecule has 0 bridgehead atoms. The Hall–Kier alpha value is -1.26. The van der Waals surface area contributed by atoms with Crippen LogP contribution in [0.5, 0.6) is 5.75 Å². The van der Waals surface area contributed by atoms with Crippen molar-refractivity contribution in [2.24, 2.45) is 0 Å². The summed E-state index contributed by atoms with van der Waals surface area (Å²) in [4.78, 5) is 11.1. The SMILES string of the molecule is O=C(OCCCCO)Oc1ccc(Cl)cc1. The molecular formula is C11H13ClO4. The zero-order chi connectivity index (χ0) is 11.8. The van der Waals surface area contributed by atoms with Gasteiger partial charge in [0.25, 0.3) is 0 Å². The molecule has 0 radical (unpaired) electrons. The average molecular weight is 245 g/mol. The minimum Gasteiger partial charge on any atom is -0.434 e. The van der Waals surface area contributed by atoms with Crippen LogP contribution in [0.1, 0.15) is 12.8 Å². The lowest BCUT2D eigenvalue weighted by molar-refractivity contribution is 0.0957. The summed E-state index contributed by atoms with van der Waals surface area (Å²) in [5.74, 6) is 0.386. The first kappa shape index (κ1) is 12.8. The molecule has 0 aromatic heterocycles. The van der Waals surface area contributed by atoms with Crippen LogP contribution < -0.4 is 4.74 Å². The summed E-state index contributed by atoms with van der Waals surface area (Å²) in [6.45, 7) is 0.336. The molecule has 1 N–H and O–H groups in total. The Bertz CT molecular complexity index is 323. The van der Waals surface area contributed by atoms with E-state index in [0.29, 0.717) is 23.6 Å². The van der Waals surface area contributed by atoms with Crippen molar-refractivity contribution in [1.82, 2.24) is 0 Å². The van der Waals surface area contributed by atoms with Gasteiger partial charge in [-0.1, -0.05) is 11.6 Å². The molecular weight excluding hydrogens is 232 g/mol. The number of aliphatic hydroxyl groups is 1.